The second kappa shape index (κ2) is 13.7. The fourth-order valence-corrected chi connectivity index (χ4v) is 5.70. The number of ether oxygens (including phenoxy) is 1. The lowest BCUT2D eigenvalue weighted by Crippen LogP contribution is -2.28. The first-order chi connectivity index (χ1) is 23.5. The van der Waals surface area contributed by atoms with E-state index in [0.717, 1.165) is 40.8 Å². The molecule has 0 atom stereocenters. The lowest BCUT2D eigenvalue weighted by molar-refractivity contribution is -0.193. The molecule has 49 heavy (non-hydrogen) atoms. The van der Waals surface area contributed by atoms with Gasteiger partial charge in [-0.1, -0.05) is 86.1 Å². The van der Waals surface area contributed by atoms with Gasteiger partial charge in [0, 0.05) is 13.0 Å². The second-order valence-electron chi connectivity index (χ2n) is 11.5. The molecule has 0 bridgehead atoms. The Hall–Kier alpha value is -5.91. The molecule has 0 aliphatic carbocycles. The summed E-state index contributed by atoms with van der Waals surface area (Å²) in [6.45, 7) is 2.79. The van der Waals surface area contributed by atoms with Crippen LogP contribution in [0.15, 0.2) is 108 Å². The van der Waals surface area contributed by atoms with Crippen molar-refractivity contribution in [1.82, 2.24) is 18.7 Å². The molecule has 0 aliphatic heterocycles. The Balaban J connectivity index is 1.31. The summed E-state index contributed by atoms with van der Waals surface area (Å²) in [5, 5.41) is 10.8. The fraction of sp³-hybridized carbons (Fsp3) is 0.189. The predicted octanol–water partition coefficient (Wildman–Crippen LogP) is 7.05. The maximum absolute atomic E-state index is 13.4. The minimum atomic E-state index is -5.30. The maximum atomic E-state index is 13.4. The van der Waals surface area contributed by atoms with Gasteiger partial charge < -0.3 is 14.4 Å². The molecular weight excluding hydrogens is 637 g/mol. The summed E-state index contributed by atoms with van der Waals surface area (Å²) >= 11 is 0. The van der Waals surface area contributed by atoms with Gasteiger partial charge in [-0.25, -0.2) is 23.9 Å². The van der Waals surface area contributed by atoms with Crippen LogP contribution >= 0.6 is 0 Å². The number of halogens is 3. The lowest BCUT2D eigenvalue weighted by Gasteiger charge is -2.12. The Morgan fingerprint density at radius 3 is 2.29 bits per heavy atom. The van der Waals surface area contributed by atoms with Crippen LogP contribution in [0, 0.1) is 0 Å². The molecule has 0 amide bonds. The maximum Gasteiger partial charge on any atom is 0.491 e. The highest BCUT2D eigenvalue weighted by Gasteiger charge is 2.42. The van der Waals surface area contributed by atoms with Crippen molar-refractivity contribution in [3.05, 3.63) is 136 Å². The highest BCUT2D eigenvalue weighted by molar-refractivity contribution is 6.02. The van der Waals surface area contributed by atoms with E-state index in [1.54, 1.807) is 30.3 Å². The van der Waals surface area contributed by atoms with Crippen LogP contribution in [0.5, 0.6) is 5.88 Å². The number of unbranched alkanes of at least 4 members (excludes halogenated alkanes) is 1. The number of aromatic hydroxyl groups is 1. The number of benzene rings is 4. The third-order valence-electron chi connectivity index (χ3n) is 8.13. The Labute approximate surface area is 278 Å². The van der Waals surface area contributed by atoms with Crippen molar-refractivity contribution >= 4 is 23.0 Å². The van der Waals surface area contributed by atoms with Crippen LogP contribution in [0.2, 0.25) is 0 Å². The van der Waals surface area contributed by atoms with Crippen molar-refractivity contribution in [1.29, 1.82) is 0 Å². The number of aromatic nitrogens is 4. The van der Waals surface area contributed by atoms with Gasteiger partial charge in [0.25, 0.3) is 0 Å². The molecule has 2 heterocycles. The number of imidazole rings is 2. The predicted molar refractivity (Wildman–Crippen MR) is 177 cm³/mol. The number of esters is 2. The van der Waals surface area contributed by atoms with Crippen LogP contribution in [0.3, 0.4) is 0 Å². The van der Waals surface area contributed by atoms with Gasteiger partial charge in [0.05, 0.1) is 35.0 Å². The highest BCUT2D eigenvalue weighted by atomic mass is 19.4. The molecule has 0 aliphatic rings. The second-order valence-corrected chi connectivity index (χ2v) is 11.5. The molecule has 0 radical (unpaired) electrons. The van der Waals surface area contributed by atoms with Gasteiger partial charge in [0.1, 0.15) is 5.82 Å². The monoisotopic (exact) mass is 668 g/mol. The molecular formula is C37H31F3N4O5. The molecule has 250 valence electrons. The van der Waals surface area contributed by atoms with Crippen molar-refractivity contribution in [3.8, 4) is 22.7 Å². The van der Waals surface area contributed by atoms with Gasteiger partial charge in [-0.3, -0.25) is 4.57 Å². The normalized spacial score (nSPS) is 11.6. The van der Waals surface area contributed by atoms with Gasteiger partial charge in [-0.15, -0.1) is 0 Å². The Bertz CT molecular complexity index is 2200. The molecule has 0 saturated carbocycles. The third-order valence-corrected chi connectivity index (χ3v) is 8.13. The Morgan fingerprint density at radius 1 is 0.878 bits per heavy atom. The largest absolute Gasteiger partial charge is 0.493 e. The molecule has 1 N–H and O–H groups in total. The van der Waals surface area contributed by atoms with Gasteiger partial charge in [0.2, 0.25) is 5.88 Å². The van der Waals surface area contributed by atoms with E-state index < -0.39 is 18.1 Å². The van der Waals surface area contributed by atoms with Gasteiger partial charge in [-0.2, -0.15) is 13.2 Å². The van der Waals surface area contributed by atoms with Crippen molar-refractivity contribution < 1.29 is 32.6 Å². The van der Waals surface area contributed by atoms with Crippen LogP contribution in [-0.4, -0.2) is 41.9 Å². The summed E-state index contributed by atoms with van der Waals surface area (Å²) in [4.78, 5) is 42.0. The summed E-state index contributed by atoms with van der Waals surface area (Å²) in [5.74, 6) is -3.33. The van der Waals surface area contributed by atoms with Crippen molar-refractivity contribution in [2.75, 3.05) is 0 Å². The molecule has 0 unspecified atom stereocenters. The van der Waals surface area contributed by atoms with Gasteiger partial charge in [-0.05, 0) is 52.9 Å². The molecule has 12 heteroatoms. The number of carbonyl (C=O) groups is 2. The Morgan fingerprint density at radius 2 is 1.57 bits per heavy atom. The zero-order valence-corrected chi connectivity index (χ0v) is 26.4. The summed E-state index contributed by atoms with van der Waals surface area (Å²) in [7, 11) is 0. The molecule has 0 fully saturated rings. The van der Waals surface area contributed by atoms with Gasteiger partial charge in [0.15, 0.2) is 0 Å². The average molecular weight is 669 g/mol. The molecule has 0 saturated heterocycles. The molecule has 0 spiro atoms. The quantitative estimate of drug-likeness (QED) is 0.124. The minimum Gasteiger partial charge on any atom is -0.493 e. The van der Waals surface area contributed by atoms with E-state index in [1.165, 1.54) is 27.5 Å². The first-order valence-electron chi connectivity index (χ1n) is 15.6. The van der Waals surface area contributed by atoms with Crippen molar-refractivity contribution in [2.24, 2.45) is 0 Å². The summed E-state index contributed by atoms with van der Waals surface area (Å²) in [6.07, 6.45) is -1.32. The molecule has 4 aromatic carbocycles. The number of alkyl halides is 3. The van der Waals surface area contributed by atoms with E-state index in [4.69, 9.17) is 4.98 Å². The van der Waals surface area contributed by atoms with Crippen LogP contribution in [0.1, 0.15) is 47.1 Å². The number of rotatable bonds is 10. The number of aryl methyl sites for hydroxylation is 1. The highest BCUT2D eigenvalue weighted by Crippen LogP contribution is 2.28. The summed E-state index contributed by atoms with van der Waals surface area (Å²) in [6, 6.07) is 27.9. The number of nitrogens with zero attached hydrogens (tertiary/aromatic N) is 4. The standard InChI is InChI=1S/C37H31F3N4O5/c1-2-3-13-32-41-30-19-18-27(44-33(45)23-42(36(44)48)21-24-9-5-4-6-10-24)20-31(30)43(32)22-25-14-16-26(17-15-25)28-11-7-8-12-29(28)34(46)49-35(47)37(38,39)40/h4-12,14-20,23,45H,2-3,13,21-22H2,1H3. The average Bonchev–Trinajstić information content (AvgIpc) is 3.57. The zero-order chi connectivity index (χ0) is 34.7. The van der Waals surface area contributed by atoms with Crippen molar-refractivity contribution in [3.63, 3.8) is 0 Å². The number of carbonyl (C=O) groups excluding carboxylic acids is 2. The first kappa shape index (κ1) is 33.0. The molecule has 2 aromatic heterocycles. The number of fused-ring (bicyclic) bond motifs is 1. The minimum absolute atomic E-state index is 0.182. The van der Waals surface area contributed by atoms with Crippen LogP contribution in [0.4, 0.5) is 13.2 Å². The van der Waals surface area contributed by atoms with E-state index >= 15 is 0 Å². The van der Waals surface area contributed by atoms with Gasteiger partial charge >= 0.3 is 23.8 Å². The molecule has 6 rings (SSSR count). The fourth-order valence-electron chi connectivity index (χ4n) is 5.70. The topological polar surface area (TPSA) is 108 Å². The summed E-state index contributed by atoms with van der Waals surface area (Å²) in [5.41, 5.74) is 4.02. The van der Waals surface area contributed by atoms with Crippen LogP contribution in [-0.2, 0) is 29.0 Å². The number of hydrogen-bond acceptors (Lipinski definition) is 6. The smallest absolute Gasteiger partial charge is 0.491 e. The zero-order valence-electron chi connectivity index (χ0n) is 26.4. The van der Waals surface area contributed by atoms with E-state index in [-0.39, 0.29) is 17.1 Å². The molecule has 9 nitrogen and oxygen atoms in total. The van der Waals surface area contributed by atoms with E-state index in [2.05, 4.69) is 16.2 Å². The van der Waals surface area contributed by atoms with E-state index in [1.807, 2.05) is 54.6 Å². The summed E-state index contributed by atoms with van der Waals surface area (Å²) < 4.78 is 46.9. The van der Waals surface area contributed by atoms with Crippen molar-refractivity contribution in [2.45, 2.75) is 45.5 Å². The SMILES string of the molecule is CCCCc1nc2ccc(-n3c(O)cn(Cc4ccccc4)c3=O)cc2n1Cc1ccc(-c2ccccc2C(=O)OC(=O)C(F)(F)F)cc1. The first-order valence-corrected chi connectivity index (χ1v) is 15.6. The molecule has 6 aromatic rings. The van der Waals surface area contributed by atoms with Crippen LogP contribution < -0.4 is 5.69 Å². The van der Waals surface area contributed by atoms with Crippen LogP contribution in [0.25, 0.3) is 27.8 Å². The lowest BCUT2D eigenvalue weighted by atomic mass is 9.98. The Kier molecular flexibility index (Phi) is 9.21. The van der Waals surface area contributed by atoms with E-state index in [0.29, 0.717) is 36.3 Å². The van der Waals surface area contributed by atoms with E-state index in [9.17, 15) is 32.7 Å². The third kappa shape index (κ3) is 7.03. The number of hydrogen-bond donors (Lipinski definition) is 1.